The highest BCUT2D eigenvalue weighted by atomic mass is 15.1. The first kappa shape index (κ1) is 30.4. The van der Waals surface area contributed by atoms with Crippen molar-refractivity contribution in [3.05, 3.63) is 212 Å². The fourth-order valence-corrected chi connectivity index (χ4v) is 7.35. The Morgan fingerprint density at radius 1 is 0.255 bits per heavy atom. The van der Waals surface area contributed by atoms with Crippen LogP contribution in [0, 0.1) is 0 Å². The lowest BCUT2D eigenvalue weighted by atomic mass is 9.92. The Morgan fingerprint density at radius 2 is 0.706 bits per heavy atom. The Bertz CT molecular complexity index is 2550. The lowest BCUT2D eigenvalue weighted by Crippen LogP contribution is -2.12. The summed E-state index contributed by atoms with van der Waals surface area (Å²) in [5.41, 5.74) is 12.9. The zero-order valence-electron chi connectivity index (χ0n) is 28.2. The molecule has 0 aliphatic rings. The van der Waals surface area contributed by atoms with Crippen molar-refractivity contribution in [1.29, 1.82) is 0 Å². The summed E-state index contributed by atoms with van der Waals surface area (Å²) in [6.07, 6.45) is 0. The van der Waals surface area contributed by atoms with Crippen LogP contribution in [0.2, 0.25) is 0 Å². The van der Waals surface area contributed by atoms with E-state index < -0.39 is 0 Å². The second-order valence-corrected chi connectivity index (χ2v) is 13.0. The predicted molar refractivity (Wildman–Crippen MR) is 218 cm³/mol. The molecule has 0 aromatic heterocycles. The highest BCUT2D eigenvalue weighted by Gasteiger charge is 2.21. The quantitative estimate of drug-likeness (QED) is 0.155. The van der Waals surface area contributed by atoms with Gasteiger partial charge in [-0.25, -0.2) is 0 Å². The van der Waals surface area contributed by atoms with Gasteiger partial charge >= 0.3 is 0 Å². The summed E-state index contributed by atoms with van der Waals surface area (Å²) in [6.45, 7) is 0. The van der Waals surface area contributed by atoms with Crippen LogP contribution < -0.4 is 4.90 Å². The van der Waals surface area contributed by atoms with Crippen molar-refractivity contribution >= 4 is 38.6 Å². The zero-order chi connectivity index (χ0) is 34.0. The van der Waals surface area contributed by atoms with Gasteiger partial charge in [0, 0.05) is 16.6 Å². The number of anilines is 3. The summed E-state index contributed by atoms with van der Waals surface area (Å²) in [4.78, 5) is 2.45. The number of hydrogen-bond acceptors (Lipinski definition) is 1. The van der Waals surface area contributed by atoms with Gasteiger partial charge in [0.2, 0.25) is 0 Å². The zero-order valence-corrected chi connectivity index (χ0v) is 28.2. The first-order chi connectivity index (χ1) is 25.3. The summed E-state index contributed by atoms with van der Waals surface area (Å²) in [7, 11) is 0. The normalized spacial score (nSPS) is 11.1. The molecule has 1 heteroatoms. The molecular formula is C50H35N. The van der Waals surface area contributed by atoms with Crippen molar-refractivity contribution in [2.24, 2.45) is 0 Å². The van der Waals surface area contributed by atoms with Crippen LogP contribution in [0.25, 0.3) is 66.1 Å². The summed E-state index contributed by atoms with van der Waals surface area (Å²) in [5.74, 6) is 0. The van der Waals surface area contributed by atoms with Crippen molar-refractivity contribution in [2.45, 2.75) is 0 Å². The van der Waals surface area contributed by atoms with E-state index in [1.807, 2.05) is 0 Å². The van der Waals surface area contributed by atoms with Crippen LogP contribution in [0.5, 0.6) is 0 Å². The van der Waals surface area contributed by atoms with E-state index in [1.165, 1.54) is 60.5 Å². The number of nitrogens with zero attached hydrogens (tertiary/aromatic N) is 1. The van der Waals surface area contributed by atoms with Gasteiger partial charge in [-0.1, -0.05) is 170 Å². The second-order valence-electron chi connectivity index (χ2n) is 13.0. The van der Waals surface area contributed by atoms with E-state index in [9.17, 15) is 0 Å². The van der Waals surface area contributed by atoms with E-state index in [1.54, 1.807) is 0 Å². The lowest BCUT2D eigenvalue weighted by molar-refractivity contribution is 1.30. The standard InChI is InChI=1S/C50H35N/c1-4-16-36(17-5-1)39-28-30-44(31-29-39)51(50-35-40-22-10-11-23-45(40)47-25-12-13-26-48(47)50)49-27-15-14-24-46(49)43-33-41(37-18-6-2-7-19-37)32-42(34-43)38-20-8-3-9-21-38/h1-35H. The van der Waals surface area contributed by atoms with Gasteiger partial charge in [0.15, 0.2) is 0 Å². The molecule has 0 spiro atoms. The molecule has 0 aliphatic carbocycles. The number of benzene rings is 9. The van der Waals surface area contributed by atoms with Gasteiger partial charge in [-0.15, -0.1) is 0 Å². The van der Waals surface area contributed by atoms with Gasteiger partial charge < -0.3 is 4.90 Å². The van der Waals surface area contributed by atoms with E-state index in [2.05, 4.69) is 217 Å². The van der Waals surface area contributed by atoms with E-state index in [0.717, 1.165) is 22.6 Å². The fraction of sp³-hybridized carbons (Fsp3) is 0. The Kier molecular flexibility index (Phi) is 7.92. The van der Waals surface area contributed by atoms with Crippen molar-refractivity contribution in [3.8, 4) is 44.5 Å². The average molecular weight is 650 g/mol. The Balaban J connectivity index is 1.30. The first-order valence-corrected chi connectivity index (χ1v) is 17.5. The number of rotatable bonds is 7. The topological polar surface area (TPSA) is 3.24 Å². The Morgan fingerprint density at radius 3 is 1.33 bits per heavy atom. The third-order valence-electron chi connectivity index (χ3n) is 9.82. The van der Waals surface area contributed by atoms with E-state index in [-0.39, 0.29) is 0 Å². The molecule has 9 rings (SSSR count). The molecule has 0 aliphatic heterocycles. The van der Waals surface area contributed by atoms with Gasteiger partial charge in [0.25, 0.3) is 0 Å². The number of fused-ring (bicyclic) bond motifs is 3. The van der Waals surface area contributed by atoms with Gasteiger partial charge in [0.05, 0.1) is 11.4 Å². The monoisotopic (exact) mass is 649 g/mol. The molecule has 0 fully saturated rings. The van der Waals surface area contributed by atoms with Gasteiger partial charge in [-0.2, -0.15) is 0 Å². The van der Waals surface area contributed by atoms with Gasteiger partial charge in [-0.05, 0) is 97.6 Å². The highest BCUT2D eigenvalue weighted by molar-refractivity contribution is 6.15. The summed E-state index contributed by atoms with van der Waals surface area (Å²) in [6, 6.07) is 76.7. The van der Waals surface area contributed by atoms with Crippen LogP contribution in [0.3, 0.4) is 0 Å². The third-order valence-corrected chi connectivity index (χ3v) is 9.82. The van der Waals surface area contributed by atoms with Crippen LogP contribution in [0.4, 0.5) is 17.1 Å². The maximum absolute atomic E-state index is 2.45. The van der Waals surface area contributed by atoms with Crippen LogP contribution in [0.1, 0.15) is 0 Å². The van der Waals surface area contributed by atoms with E-state index in [4.69, 9.17) is 0 Å². The summed E-state index contributed by atoms with van der Waals surface area (Å²) < 4.78 is 0. The minimum absolute atomic E-state index is 1.10. The number of hydrogen-bond donors (Lipinski definition) is 0. The minimum atomic E-state index is 1.10. The first-order valence-electron chi connectivity index (χ1n) is 17.5. The second kappa shape index (κ2) is 13.3. The van der Waals surface area contributed by atoms with Gasteiger partial charge in [0.1, 0.15) is 0 Å². The minimum Gasteiger partial charge on any atom is -0.309 e. The van der Waals surface area contributed by atoms with Crippen LogP contribution in [-0.2, 0) is 0 Å². The van der Waals surface area contributed by atoms with Crippen molar-refractivity contribution in [1.82, 2.24) is 0 Å². The molecule has 0 unspecified atom stereocenters. The fourth-order valence-electron chi connectivity index (χ4n) is 7.35. The summed E-state index contributed by atoms with van der Waals surface area (Å²) >= 11 is 0. The predicted octanol–water partition coefficient (Wildman–Crippen LogP) is 14.1. The third kappa shape index (κ3) is 5.86. The van der Waals surface area contributed by atoms with E-state index in [0.29, 0.717) is 0 Å². The molecule has 0 amide bonds. The Hall–Kier alpha value is -6.70. The molecule has 240 valence electrons. The summed E-state index contributed by atoms with van der Waals surface area (Å²) in [5, 5.41) is 4.92. The molecule has 9 aromatic rings. The van der Waals surface area contributed by atoms with Crippen molar-refractivity contribution in [2.75, 3.05) is 4.90 Å². The molecular weight excluding hydrogens is 615 g/mol. The SMILES string of the molecule is c1ccc(-c2ccc(N(c3ccccc3-c3cc(-c4ccccc4)cc(-c4ccccc4)c3)c3cc4ccccc4c4ccccc34)cc2)cc1. The molecule has 0 N–H and O–H groups in total. The largest absolute Gasteiger partial charge is 0.309 e. The maximum atomic E-state index is 2.45. The molecule has 0 heterocycles. The van der Waals surface area contributed by atoms with E-state index >= 15 is 0 Å². The Labute approximate surface area is 299 Å². The molecule has 0 saturated heterocycles. The lowest BCUT2D eigenvalue weighted by Gasteiger charge is -2.30. The molecule has 0 atom stereocenters. The van der Waals surface area contributed by atoms with Crippen LogP contribution in [0.15, 0.2) is 212 Å². The number of para-hydroxylation sites is 1. The molecule has 1 nitrogen and oxygen atoms in total. The average Bonchev–Trinajstić information content (AvgIpc) is 3.22. The smallest absolute Gasteiger partial charge is 0.0546 e. The highest BCUT2D eigenvalue weighted by Crippen LogP contribution is 2.46. The molecule has 51 heavy (non-hydrogen) atoms. The molecule has 0 bridgehead atoms. The van der Waals surface area contributed by atoms with Gasteiger partial charge in [-0.3, -0.25) is 0 Å². The van der Waals surface area contributed by atoms with Crippen LogP contribution in [-0.4, -0.2) is 0 Å². The molecule has 0 saturated carbocycles. The van der Waals surface area contributed by atoms with Crippen molar-refractivity contribution < 1.29 is 0 Å². The molecule has 9 aromatic carbocycles. The van der Waals surface area contributed by atoms with Crippen LogP contribution >= 0.6 is 0 Å². The maximum Gasteiger partial charge on any atom is 0.0546 e. The van der Waals surface area contributed by atoms with Crippen molar-refractivity contribution in [3.63, 3.8) is 0 Å². The molecule has 0 radical (unpaired) electrons.